The predicted molar refractivity (Wildman–Crippen MR) is 71.1 cm³/mol. The summed E-state index contributed by atoms with van der Waals surface area (Å²) in [7, 11) is 0. The number of amides is 2. The van der Waals surface area contributed by atoms with E-state index in [0.717, 1.165) is 11.3 Å². The van der Waals surface area contributed by atoms with E-state index in [9.17, 15) is 19.5 Å². The number of anilines is 2. The van der Waals surface area contributed by atoms with Crippen LogP contribution in [0, 0.1) is 11.8 Å². The molecule has 3 N–H and O–H groups in total. The highest BCUT2D eigenvalue weighted by atomic mass is 16.4. The molecule has 20 heavy (non-hydrogen) atoms. The predicted octanol–water partition coefficient (Wildman–Crippen LogP) is 1.26. The summed E-state index contributed by atoms with van der Waals surface area (Å²) in [5, 5.41) is 9.22. The molecular formula is C14H14N2O4. The average molecular weight is 274 g/mol. The molecule has 0 bridgehead atoms. The lowest BCUT2D eigenvalue weighted by Gasteiger charge is -2.18. The molecule has 1 heterocycles. The molecule has 3 rings (SSSR count). The highest BCUT2D eigenvalue weighted by Gasteiger charge is 2.50. The van der Waals surface area contributed by atoms with E-state index in [1.807, 2.05) is 0 Å². The Morgan fingerprint density at radius 1 is 1.20 bits per heavy atom. The molecule has 2 aliphatic rings. The number of hydrogen-bond donors (Lipinski definition) is 2. The third-order valence-electron chi connectivity index (χ3n) is 4.08. The van der Waals surface area contributed by atoms with Crippen LogP contribution in [0.2, 0.25) is 0 Å². The van der Waals surface area contributed by atoms with Gasteiger partial charge in [-0.05, 0) is 31.0 Å². The fourth-order valence-electron chi connectivity index (χ4n) is 3.15. The van der Waals surface area contributed by atoms with Crippen LogP contribution < -0.4 is 10.6 Å². The lowest BCUT2D eigenvalue weighted by Crippen LogP contribution is -2.33. The first kappa shape index (κ1) is 12.7. The second-order valence-corrected chi connectivity index (χ2v) is 5.24. The lowest BCUT2D eigenvalue weighted by molar-refractivity contribution is -0.122. The zero-order valence-electron chi connectivity index (χ0n) is 10.7. The van der Waals surface area contributed by atoms with Gasteiger partial charge in [-0.25, -0.2) is 9.69 Å². The van der Waals surface area contributed by atoms with Gasteiger partial charge < -0.3 is 10.8 Å². The van der Waals surface area contributed by atoms with Crippen molar-refractivity contribution in [3.63, 3.8) is 0 Å². The average Bonchev–Trinajstić information content (AvgIpc) is 2.96. The molecule has 2 amide bonds. The largest absolute Gasteiger partial charge is 0.478 e. The number of hydrogen-bond acceptors (Lipinski definition) is 4. The van der Waals surface area contributed by atoms with E-state index in [-0.39, 0.29) is 40.6 Å². The first-order valence-electron chi connectivity index (χ1n) is 6.51. The van der Waals surface area contributed by atoms with Gasteiger partial charge in [0.1, 0.15) is 0 Å². The smallest absolute Gasteiger partial charge is 0.337 e. The maximum absolute atomic E-state index is 12.3. The third-order valence-corrected chi connectivity index (χ3v) is 4.08. The van der Waals surface area contributed by atoms with E-state index < -0.39 is 5.97 Å². The number of carboxylic acid groups (broad SMARTS) is 1. The van der Waals surface area contributed by atoms with Crippen molar-refractivity contribution in [3.8, 4) is 0 Å². The van der Waals surface area contributed by atoms with Crippen molar-refractivity contribution in [1.29, 1.82) is 0 Å². The molecular weight excluding hydrogens is 260 g/mol. The summed E-state index contributed by atoms with van der Waals surface area (Å²) >= 11 is 0. The number of benzene rings is 1. The van der Waals surface area contributed by atoms with Crippen LogP contribution in [0.15, 0.2) is 18.2 Å². The quantitative estimate of drug-likeness (QED) is 0.624. The number of imide groups is 1. The van der Waals surface area contributed by atoms with E-state index in [1.54, 1.807) is 0 Å². The normalized spacial score (nSPS) is 25.1. The minimum absolute atomic E-state index is 0.119. The number of carbonyl (C=O) groups excluding carboxylic acids is 2. The number of aromatic carboxylic acids is 1. The maximum Gasteiger partial charge on any atom is 0.337 e. The summed E-state index contributed by atoms with van der Waals surface area (Å²) in [4.78, 5) is 37.0. The van der Waals surface area contributed by atoms with Gasteiger partial charge in [0.05, 0.1) is 23.1 Å². The Hall–Kier alpha value is -2.37. The highest BCUT2D eigenvalue weighted by molar-refractivity contribution is 6.24. The Morgan fingerprint density at radius 2 is 1.80 bits per heavy atom. The summed E-state index contributed by atoms with van der Waals surface area (Å²) in [5.41, 5.74) is 5.86. The number of carboxylic acids is 1. The van der Waals surface area contributed by atoms with Gasteiger partial charge in [-0.2, -0.15) is 0 Å². The van der Waals surface area contributed by atoms with Gasteiger partial charge in [-0.15, -0.1) is 0 Å². The fourth-order valence-corrected chi connectivity index (χ4v) is 3.15. The summed E-state index contributed by atoms with van der Waals surface area (Å²) in [6.07, 6.45) is 2.26. The summed E-state index contributed by atoms with van der Waals surface area (Å²) in [6.45, 7) is 0. The van der Waals surface area contributed by atoms with Crippen LogP contribution in [0.4, 0.5) is 11.4 Å². The maximum atomic E-state index is 12.3. The Morgan fingerprint density at radius 3 is 2.35 bits per heavy atom. The van der Waals surface area contributed by atoms with Gasteiger partial charge in [0.15, 0.2) is 0 Å². The van der Waals surface area contributed by atoms with Gasteiger partial charge in [0.25, 0.3) is 0 Å². The van der Waals surface area contributed by atoms with Crippen molar-refractivity contribution in [2.75, 3.05) is 10.6 Å². The van der Waals surface area contributed by atoms with Crippen LogP contribution >= 0.6 is 0 Å². The SMILES string of the molecule is Nc1ccc(N2C(=O)C3CCCC3C2=O)c(C(=O)O)c1. The van der Waals surface area contributed by atoms with Gasteiger partial charge in [-0.3, -0.25) is 9.59 Å². The minimum atomic E-state index is -1.20. The number of carbonyl (C=O) groups is 3. The van der Waals surface area contributed by atoms with Crippen molar-refractivity contribution in [1.82, 2.24) is 0 Å². The fraction of sp³-hybridized carbons (Fsp3) is 0.357. The number of rotatable bonds is 2. The molecule has 1 saturated heterocycles. The first-order valence-corrected chi connectivity index (χ1v) is 6.51. The Labute approximate surface area is 115 Å². The molecule has 104 valence electrons. The van der Waals surface area contributed by atoms with Crippen LogP contribution in [0.25, 0.3) is 0 Å². The monoisotopic (exact) mass is 274 g/mol. The zero-order valence-corrected chi connectivity index (χ0v) is 10.7. The van der Waals surface area contributed by atoms with Crippen LogP contribution in [0.5, 0.6) is 0 Å². The van der Waals surface area contributed by atoms with Gasteiger partial charge in [0, 0.05) is 5.69 Å². The van der Waals surface area contributed by atoms with E-state index >= 15 is 0 Å². The van der Waals surface area contributed by atoms with E-state index in [1.165, 1.54) is 18.2 Å². The topological polar surface area (TPSA) is 101 Å². The summed E-state index contributed by atoms with van der Waals surface area (Å²) < 4.78 is 0. The zero-order chi connectivity index (χ0) is 14.4. The molecule has 1 aliphatic heterocycles. The minimum Gasteiger partial charge on any atom is -0.478 e. The van der Waals surface area contributed by atoms with E-state index in [4.69, 9.17) is 5.73 Å². The Bertz CT molecular complexity index is 604. The van der Waals surface area contributed by atoms with Gasteiger partial charge in [-0.1, -0.05) is 6.42 Å². The molecule has 2 unspecified atom stereocenters. The van der Waals surface area contributed by atoms with Crippen molar-refractivity contribution in [2.45, 2.75) is 19.3 Å². The molecule has 1 aromatic rings. The molecule has 2 fully saturated rings. The van der Waals surface area contributed by atoms with Crippen molar-refractivity contribution in [3.05, 3.63) is 23.8 Å². The first-order chi connectivity index (χ1) is 9.50. The number of nitrogen functional groups attached to an aromatic ring is 1. The number of fused-ring (bicyclic) bond motifs is 1. The van der Waals surface area contributed by atoms with E-state index in [2.05, 4.69) is 0 Å². The standard InChI is InChI=1S/C14H14N2O4/c15-7-4-5-11(10(6-7)14(19)20)16-12(17)8-2-1-3-9(8)13(16)18/h4-6,8-9H,1-3,15H2,(H,19,20). The number of nitrogens with two attached hydrogens (primary N) is 1. The molecule has 6 heteroatoms. The second-order valence-electron chi connectivity index (χ2n) is 5.24. The summed E-state index contributed by atoms with van der Waals surface area (Å²) in [5.74, 6) is -2.36. The van der Waals surface area contributed by atoms with Crippen LogP contribution in [0.1, 0.15) is 29.6 Å². The molecule has 0 spiro atoms. The molecule has 0 radical (unpaired) electrons. The van der Waals surface area contributed by atoms with Crippen molar-refractivity contribution < 1.29 is 19.5 Å². The van der Waals surface area contributed by atoms with Crippen molar-refractivity contribution in [2.24, 2.45) is 11.8 Å². The Kier molecular flexibility index (Phi) is 2.74. The molecule has 2 atom stereocenters. The second kappa shape index (κ2) is 4.33. The van der Waals surface area contributed by atoms with Crippen LogP contribution in [0.3, 0.4) is 0 Å². The van der Waals surface area contributed by atoms with Crippen LogP contribution in [-0.2, 0) is 9.59 Å². The Balaban J connectivity index is 2.08. The van der Waals surface area contributed by atoms with Crippen LogP contribution in [-0.4, -0.2) is 22.9 Å². The number of nitrogens with zero attached hydrogens (tertiary/aromatic N) is 1. The van der Waals surface area contributed by atoms with Gasteiger partial charge >= 0.3 is 5.97 Å². The molecule has 1 saturated carbocycles. The van der Waals surface area contributed by atoms with Crippen molar-refractivity contribution >= 4 is 29.2 Å². The highest BCUT2D eigenvalue weighted by Crippen LogP contribution is 2.42. The lowest BCUT2D eigenvalue weighted by atomic mass is 10.00. The van der Waals surface area contributed by atoms with E-state index in [0.29, 0.717) is 12.8 Å². The third kappa shape index (κ3) is 1.68. The molecule has 1 aromatic carbocycles. The molecule has 0 aromatic heterocycles. The summed E-state index contributed by atoms with van der Waals surface area (Å²) in [6, 6.07) is 4.19. The van der Waals surface area contributed by atoms with Gasteiger partial charge in [0.2, 0.25) is 11.8 Å². The molecule has 1 aliphatic carbocycles. The molecule has 6 nitrogen and oxygen atoms in total.